The van der Waals surface area contributed by atoms with Crippen molar-refractivity contribution < 1.29 is 18.0 Å². The maximum Gasteiger partial charge on any atom is 0.244 e. The first-order valence-corrected chi connectivity index (χ1v) is 13.6. The van der Waals surface area contributed by atoms with Crippen molar-refractivity contribution in [3.8, 4) is 0 Å². The Hall–Kier alpha value is -2.29. The van der Waals surface area contributed by atoms with Crippen molar-refractivity contribution in [3.05, 3.63) is 63.6 Å². The highest BCUT2D eigenvalue weighted by Crippen LogP contribution is 2.28. The van der Waals surface area contributed by atoms with Crippen LogP contribution in [0, 0.1) is 6.92 Å². The van der Waals surface area contributed by atoms with Gasteiger partial charge < -0.3 is 10.2 Å². The largest absolute Gasteiger partial charge is 0.354 e. The van der Waals surface area contributed by atoms with E-state index in [9.17, 15) is 18.0 Å². The Kier molecular flexibility index (Phi) is 10.2. The molecule has 34 heavy (non-hydrogen) atoms. The molecule has 0 spiro atoms. The van der Waals surface area contributed by atoms with E-state index in [2.05, 4.69) is 5.32 Å². The molecule has 0 heterocycles. The Morgan fingerprint density at radius 3 is 2.26 bits per heavy atom. The van der Waals surface area contributed by atoms with Gasteiger partial charge >= 0.3 is 0 Å². The average Bonchev–Trinajstić information content (AvgIpc) is 2.77. The fourth-order valence-corrected chi connectivity index (χ4v) is 4.40. The van der Waals surface area contributed by atoms with Gasteiger partial charge in [0.2, 0.25) is 21.8 Å². The van der Waals surface area contributed by atoms with Crippen molar-refractivity contribution in [1.82, 2.24) is 10.2 Å². The Morgan fingerprint density at radius 2 is 1.71 bits per heavy atom. The maximum absolute atomic E-state index is 13.5. The van der Waals surface area contributed by atoms with Crippen LogP contribution in [0.5, 0.6) is 0 Å². The maximum atomic E-state index is 13.5. The zero-order chi connectivity index (χ0) is 25.5. The fourth-order valence-electron chi connectivity index (χ4n) is 3.26. The number of aryl methyl sites for hydroxylation is 1. The third-order valence-corrected chi connectivity index (χ3v) is 7.22. The lowest BCUT2D eigenvalue weighted by Gasteiger charge is -2.31. The van der Waals surface area contributed by atoms with E-state index >= 15 is 0 Å². The molecule has 0 radical (unpaired) electrons. The van der Waals surface area contributed by atoms with Crippen LogP contribution in [0.1, 0.15) is 37.8 Å². The summed E-state index contributed by atoms with van der Waals surface area (Å²) in [6.07, 6.45) is 2.76. The summed E-state index contributed by atoms with van der Waals surface area (Å²) in [5, 5.41) is 3.28. The number of nitrogens with zero attached hydrogens (tertiary/aromatic N) is 2. The van der Waals surface area contributed by atoms with E-state index in [4.69, 9.17) is 23.2 Å². The van der Waals surface area contributed by atoms with Crippen LogP contribution in [0.2, 0.25) is 10.0 Å². The number of halogens is 2. The molecule has 0 unspecified atom stereocenters. The van der Waals surface area contributed by atoms with Gasteiger partial charge in [0.25, 0.3) is 0 Å². The van der Waals surface area contributed by atoms with Crippen LogP contribution < -0.4 is 9.62 Å². The van der Waals surface area contributed by atoms with E-state index in [1.807, 2.05) is 38.1 Å². The van der Waals surface area contributed by atoms with Gasteiger partial charge in [0, 0.05) is 13.1 Å². The summed E-state index contributed by atoms with van der Waals surface area (Å²) in [7, 11) is -3.83. The molecule has 0 aromatic heterocycles. The number of nitrogens with one attached hydrogen (secondary N) is 1. The Morgan fingerprint density at radius 1 is 1.06 bits per heavy atom. The third kappa shape index (κ3) is 7.89. The first-order chi connectivity index (χ1) is 15.9. The predicted molar refractivity (Wildman–Crippen MR) is 138 cm³/mol. The smallest absolute Gasteiger partial charge is 0.244 e. The molecule has 0 aliphatic rings. The van der Waals surface area contributed by atoms with Gasteiger partial charge in [-0.05, 0) is 44.0 Å². The number of amides is 2. The van der Waals surface area contributed by atoms with Crippen molar-refractivity contribution in [2.45, 2.75) is 46.2 Å². The first kappa shape index (κ1) is 28.0. The average molecular weight is 529 g/mol. The number of rotatable bonds is 11. The topological polar surface area (TPSA) is 86.8 Å². The molecule has 0 aliphatic heterocycles. The highest BCUT2D eigenvalue weighted by Gasteiger charge is 2.30. The van der Waals surface area contributed by atoms with Crippen LogP contribution in [0.25, 0.3) is 0 Å². The van der Waals surface area contributed by atoms with Gasteiger partial charge in [-0.2, -0.15) is 0 Å². The van der Waals surface area contributed by atoms with Crippen molar-refractivity contribution >= 4 is 50.7 Å². The molecule has 2 amide bonds. The van der Waals surface area contributed by atoms with E-state index in [-0.39, 0.29) is 28.2 Å². The molecule has 0 saturated carbocycles. The highest BCUT2D eigenvalue weighted by atomic mass is 35.5. The molecule has 2 aromatic rings. The molecule has 0 aliphatic carbocycles. The zero-order valence-electron chi connectivity index (χ0n) is 19.8. The van der Waals surface area contributed by atoms with Gasteiger partial charge in [-0.1, -0.05) is 66.4 Å². The minimum atomic E-state index is -3.83. The lowest BCUT2D eigenvalue weighted by molar-refractivity contribution is -0.139. The van der Waals surface area contributed by atoms with Crippen LogP contribution >= 0.6 is 23.2 Å². The monoisotopic (exact) mass is 527 g/mol. The van der Waals surface area contributed by atoms with Crippen LogP contribution in [0.3, 0.4) is 0 Å². The third-order valence-electron chi connectivity index (χ3n) is 5.34. The number of benzene rings is 2. The molecule has 2 rings (SSSR count). The summed E-state index contributed by atoms with van der Waals surface area (Å²) in [5.74, 6) is -0.815. The number of carbonyl (C=O) groups excluding carboxylic acids is 2. The Bertz CT molecular complexity index is 1110. The predicted octanol–water partition coefficient (Wildman–Crippen LogP) is 4.40. The molecule has 7 nitrogen and oxygen atoms in total. The molecule has 186 valence electrons. The fraction of sp³-hybridized carbons (Fsp3) is 0.417. The second kappa shape index (κ2) is 12.4. The molecule has 0 fully saturated rings. The van der Waals surface area contributed by atoms with E-state index in [1.165, 1.54) is 23.1 Å². The second-order valence-electron chi connectivity index (χ2n) is 8.20. The van der Waals surface area contributed by atoms with Crippen molar-refractivity contribution in [2.24, 2.45) is 0 Å². The van der Waals surface area contributed by atoms with E-state index < -0.39 is 28.5 Å². The number of hydrogen-bond acceptors (Lipinski definition) is 4. The number of unbranched alkanes of at least 4 members (excludes halogenated alkanes) is 1. The Balaban J connectivity index is 2.35. The van der Waals surface area contributed by atoms with Gasteiger partial charge in [-0.3, -0.25) is 13.9 Å². The summed E-state index contributed by atoms with van der Waals surface area (Å²) in [5.41, 5.74) is 2.10. The van der Waals surface area contributed by atoms with Gasteiger partial charge in [0.1, 0.15) is 12.6 Å². The summed E-state index contributed by atoms with van der Waals surface area (Å²) >= 11 is 12.0. The lowest BCUT2D eigenvalue weighted by Crippen LogP contribution is -2.51. The van der Waals surface area contributed by atoms with Crippen LogP contribution in [-0.2, 0) is 26.2 Å². The van der Waals surface area contributed by atoms with Gasteiger partial charge in [-0.25, -0.2) is 8.42 Å². The van der Waals surface area contributed by atoms with Gasteiger partial charge in [-0.15, -0.1) is 0 Å². The summed E-state index contributed by atoms with van der Waals surface area (Å²) in [6, 6.07) is 11.1. The molecule has 0 saturated heterocycles. The minimum Gasteiger partial charge on any atom is -0.354 e. The van der Waals surface area contributed by atoms with Crippen molar-refractivity contribution in [2.75, 3.05) is 23.7 Å². The van der Waals surface area contributed by atoms with Crippen LogP contribution in [-0.4, -0.2) is 50.5 Å². The normalized spacial score (nSPS) is 12.2. The molecule has 0 bridgehead atoms. The lowest BCUT2D eigenvalue weighted by atomic mass is 10.1. The quantitative estimate of drug-likeness (QED) is 0.438. The van der Waals surface area contributed by atoms with Gasteiger partial charge in [0.15, 0.2) is 0 Å². The first-order valence-electron chi connectivity index (χ1n) is 11.0. The van der Waals surface area contributed by atoms with Crippen molar-refractivity contribution in [1.29, 1.82) is 0 Å². The summed E-state index contributed by atoms with van der Waals surface area (Å²) in [4.78, 5) is 27.6. The van der Waals surface area contributed by atoms with E-state index in [0.29, 0.717) is 6.54 Å². The standard InChI is InChI=1S/C24H31Cl2N3O4S/c1-5-6-13-27-24(31)18(3)28(15-19-9-7-17(2)8-10-19)23(30)16-29(34(4,32)33)20-11-12-21(25)22(26)14-20/h7-12,14,18H,5-6,13,15-16H2,1-4H3,(H,27,31)/t18-/m1/s1. The SMILES string of the molecule is CCCCNC(=O)[C@@H](C)N(Cc1ccc(C)cc1)C(=O)CN(c1ccc(Cl)c(Cl)c1)S(C)(=O)=O. The highest BCUT2D eigenvalue weighted by molar-refractivity contribution is 7.92. The van der Waals surface area contributed by atoms with E-state index in [1.54, 1.807) is 6.92 Å². The van der Waals surface area contributed by atoms with Crippen LogP contribution in [0.15, 0.2) is 42.5 Å². The van der Waals surface area contributed by atoms with E-state index in [0.717, 1.165) is 34.5 Å². The van der Waals surface area contributed by atoms with Crippen molar-refractivity contribution in [3.63, 3.8) is 0 Å². The summed E-state index contributed by atoms with van der Waals surface area (Å²) < 4.78 is 26.1. The molecule has 10 heteroatoms. The van der Waals surface area contributed by atoms with Gasteiger partial charge in [0.05, 0.1) is 22.0 Å². The second-order valence-corrected chi connectivity index (χ2v) is 10.9. The number of carbonyl (C=O) groups is 2. The number of hydrogen-bond donors (Lipinski definition) is 1. The molecule has 1 N–H and O–H groups in total. The zero-order valence-corrected chi connectivity index (χ0v) is 22.2. The minimum absolute atomic E-state index is 0.153. The Labute approximate surface area is 212 Å². The number of anilines is 1. The molecular weight excluding hydrogens is 497 g/mol. The number of sulfonamides is 1. The summed E-state index contributed by atoms with van der Waals surface area (Å²) in [6.45, 7) is 5.78. The van der Waals surface area contributed by atoms with Crippen LogP contribution in [0.4, 0.5) is 5.69 Å². The molecule has 1 atom stereocenters. The molecule has 2 aromatic carbocycles. The molecular formula is C24H31Cl2N3O4S.